The van der Waals surface area contributed by atoms with Crippen molar-refractivity contribution in [1.82, 2.24) is 4.90 Å². The summed E-state index contributed by atoms with van der Waals surface area (Å²) in [5.74, 6) is 3.67. The Labute approximate surface area is 131 Å². The molecule has 0 spiro atoms. The number of carbonyl (C=O) groups excluding carboxylic acids is 1. The van der Waals surface area contributed by atoms with Gasteiger partial charge in [-0.2, -0.15) is 0 Å². The summed E-state index contributed by atoms with van der Waals surface area (Å²) < 4.78 is 10.5. The van der Waals surface area contributed by atoms with Crippen LogP contribution in [0.5, 0.6) is 5.75 Å². The van der Waals surface area contributed by atoms with E-state index in [1.165, 1.54) is 0 Å². The number of terminal acetylenes is 1. The van der Waals surface area contributed by atoms with Crippen LogP contribution in [0.2, 0.25) is 0 Å². The van der Waals surface area contributed by atoms with Crippen LogP contribution < -0.4 is 10.1 Å². The zero-order valence-corrected chi connectivity index (χ0v) is 12.9. The third-order valence-electron chi connectivity index (χ3n) is 3.76. The lowest BCUT2D eigenvalue weighted by Gasteiger charge is -2.31. The van der Waals surface area contributed by atoms with Gasteiger partial charge in [0, 0.05) is 24.8 Å². The van der Waals surface area contributed by atoms with Crippen molar-refractivity contribution in [3.63, 3.8) is 0 Å². The van der Waals surface area contributed by atoms with E-state index in [9.17, 15) is 4.79 Å². The van der Waals surface area contributed by atoms with Crippen LogP contribution in [0.15, 0.2) is 24.3 Å². The Morgan fingerprint density at radius 2 is 2.23 bits per heavy atom. The highest BCUT2D eigenvalue weighted by atomic mass is 16.5. The number of carbonyl (C=O) groups is 1. The van der Waals surface area contributed by atoms with E-state index in [0.717, 1.165) is 37.4 Å². The maximum absolute atomic E-state index is 12.3. The molecule has 1 saturated heterocycles. The third-order valence-corrected chi connectivity index (χ3v) is 3.76. The smallest absolute Gasteiger partial charge is 0.321 e. The van der Waals surface area contributed by atoms with Gasteiger partial charge >= 0.3 is 6.03 Å². The molecule has 1 fully saturated rings. The molecule has 0 aromatic heterocycles. The average Bonchev–Trinajstić information content (AvgIpc) is 2.56. The van der Waals surface area contributed by atoms with Gasteiger partial charge in [-0.25, -0.2) is 4.79 Å². The summed E-state index contributed by atoms with van der Waals surface area (Å²) in [5, 5.41) is 2.90. The number of benzene rings is 1. The Morgan fingerprint density at radius 1 is 1.45 bits per heavy atom. The van der Waals surface area contributed by atoms with Crippen molar-refractivity contribution in [1.29, 1.82) is 0 Å². The Hall–Kier alpha value is -2.19. The van der Waals surface area contributed by atoms with Crippen molar-refractivity contribution in [2.45, 2.75) is 12.8 Å². The molecule has 0 atom stereocenters. The summed E-state index contributed by atoms with van der Waals surface area (Å²) in [4.78, 5) is 14.1. The monoisotopic (exact) mass is 302 g/mol. The van der Waals surface area contributed by atoms with Crippen molar-refractivity contribution >= 4 is 11.7 Å². The van der Waals surface area contributed by atoms with E-state index in [0.29, 0.717) is 19.1 Å². The number of likely N-dealkylation sites (tertiary alicyclic amines) is 1. The fraction of sp³-hybridized carbons (Fsp3) is 0.471. The maximum atomic E-state index is 12.3. The summed E-state index contributed by atoms with van der Waals surface area (Å²) in [6.07, 6.45) is 7.04. The van der Waals surface area contributed by atoms with Gasteiger partial charge in [0.2, 0.25) is 0 Å². The summed E-state index contributed by atoms with van der Waals surface area (Å²) in [5.41, 5.74) is 0.740. The van der Waals surface area contributed by atoms with Crippen molar-refractivity contribution in [3.8, 4) is 18.1 Å². The molecular formula is C17H22N2O3. The SMILES string of the molecule is C#CCOCC1CCN(C(=O)Nc2cccc(OC)c2)CC1. The van der Waals surface area contributed by atoms with E-state index in [1.807, 2.05) is 23.1 Å². The molecular weight excluding hydrogens is 280 g/mol. The average molecular weight is 302 g/mol. The van der Waals surface area contributed by atoms with Gasteiger partial charge in [0.25, 0.3) is 0 Å². The zero-order chi connectivity index (χ0) is 15.8. The lowest BCUT2D eigenvalue weighted by atomic mass is 9.98. The first-order valence-electron chi connectivity index (χ1n) is 7.44. The van der Waals surface area contributed by atoms with Crippen LogP contribution in [0.1, 0.15) is 12.8 Å². The molecule has 0 bridgehead atoms. The summed E-state index contributed by atoms with van der Waals surface area (Å²) in [6, 6.07) is 7.27. The number of nitrogens with one attached hydrogen (secondary N) is 1. The molecule has 1 heterocycles. The van der Waals surface area contributed by atoms with E-state index < -0.39 is 0 Å². The molecule has 5 heteroatoms. The number of piperidine rings is 1. The van der Waals surface area contributed by atoms with Crippen LogP contribution in [-0.2, 0) is 4.74 Å². The Balaban J connectivity index is 1.78. The number of methoxy groups -OCH3 is 1. The number of hydrogen-bond donors (Lipinski definition) is 1. The Morgan fingerprint density at radius 3 is 2.91 bits per heavy atom. The minimum absolute atomic E-state index is 0.0729. The largest absolute Gasteiger partial charge is 0.497 e. The zero-order valence-electron chi connectivity index (χ0n) is 12.9. The molecule has 0 radical (unpaired) electrons. The van der Waals surface area contributed by atoms with E-state index in [4.69, 9.17) is 15.9 Å². The van der Waals surface area contributed by atoms with Gasteiger partial charge in [0.15, 0.2) is 0 Å². The van der Waals surface area contributed by atoms with Crippen LogP contribution in [0, 0.1) is 18.3 Å². The molecule has 0 saturated carbocycles. The molecule has 1 aromatic rings. The van der Waals surface area contributed by atoms with Gasteiger partial charge < -0.3 is 19.7 Å². The van der Waals surface area contributed by atoms with Gasteiger partial charge in [-0.1, -0.05) is 12.0 Å². The van der Waals surface area contributed by atoms with Crippen LogP contribution in [0.3, 0.4) is 0 Å². The molecule has 1 N–H and O–H groups in total. The number of nitrogens with zero attached hydrogens (tertiary/aromatic N) is 1. The maximum Gasteiger partial charge on any atom is 0.321 e. The first-order valence-corrected chi connectivity index (χ1v) is 7.44. The van der Waals surface area contributed by atoms with Crippen molar-refractivity contribution < 1.29 is 14.3 Å². The summed E-state index contributed by atoms with van der Waals surface area (Å²) in [7, 11) is 1.61. The van der Waals surface area contributed by atoms with Crippen molar-refractivity contribution in [3.05, 3.63) is 24.3 Å². The minimum Gasteiger partial charge on any atom is -0.497 e. The number of anilines is 1. The number of hydrogen-bond acceptors (Lipinski definition) is 3. The number of urea groups is 1. The van der Waals surface area contributed by atoms with Gasteiger partial charge in [-0.3, -0.25) is 0 Å². The summed E-state index contributed by atoms with van der Waals surface area (Å²) >= 11 is 0. The van der Waals surface area contributed by atoms with Gasteiger partial charge in [-0.15, -0.1) is 6.42 Å². The quantitative estimate of drug-likeness (QED) is 0.672. The van der Waals surface area contributed by atoms with Crippen LogP contribution in [0.25, 0.3) is 0 Å². The minimum atomic E-state index is -0.0729. The van der Waals surface area contributed by atoms with Crippen LogP contribution >= 0.6 is 0 Å². The fourth-order valence-corrected chi connectivity index (χ4v) is 2.49. The molecule has 118 valence electrons. The lowest BCUT2D eigenvalue weighted by molar-refractivity contribution is 0.0932. The predicted octanol–water partition coefficient (Wildman–Crippen LogP) is 2.59. The Bertz CT molecular complexity index is 531. The molecule has 2 rings (SSSR count). The fourth-order valence-electron chi connectivity index (χ4n) is 2.49. The van der Waals surface area contributed by atoms with Gasteiger partial charge in [0.1, 0.15) is 12.4 Å². The second-order valence-corrected chi connectivity index (χ2v) is 5.31. The van der Waals surface area contributed by atoms with Crippen molar-refractivity contribution in [2.75, 3.05) is 38.7 Å². The van der Waals surface area contributed by atoms with E-state index in [-0.39, 0.29) is 6.03 Å². The first kappa shape index (κ1) is 16.2. The van der Waals surface area contributed by atoms with E-state index in [2.05, 4.69) is 11.2 Å². The standard InChI is InChI=1S/C17H22N2O3/c1-3-11-22-13-14-7-9-19(10-8-14)17(20)18-15-5-4-6-16(12-15)21-2/h1,4-6,12,14H,7-11,13H2,2H3,(H,18,20). The van der Waals surface area contributed by atoms with Gasteiger partial charge in [-0.05, 0) is 30.9 Å². The topological polar surface area (TPSA) is 50.8 Å². The lowest BCUT2D eigenvalue weighted by Crippen LogP contribution is -2.41. The number of ether oxygens (including phenoxy) is 2. The second kappa shape index (κ2) is 8.30. The van der Waals surface area contributed by atoms with Gasteiger partial charge in [0.05, 0.1) is 13.7 Å². The molecule has 0 aliphatic carbocycles. The molecule has 5 nitrogen and oxygen atoms in total. The normalized spacial score (nSPS) is 15.2. The highest BCUT2D eigenvalue weighted by Crippen LogP contribution is 2.20. The Kier molecular flexibility index (Phi) is 6.11. The molecule has 1 aliphatic rings. The third kappa shape index (κ3) is 4.68. The van der Waals surface area contributed by atoms with E-state index >= 15 is 0 Å². The first-order chi connectivity index (χ1) is 10.7. The summed E-state index contributed by atoms with van der Waals surface area (Å²) in [6.45, 7) is 2.51. The molecule has 2 amide bonds. The van der Waals surface area contributed by atoms with Crippen LogP contribution in [0.4, 0.5) is 10.5 Å². The number of amides is 2. The second-order valence-electron chi connectivity index (χ2n) is 5.31. The molecule has 22 heavy (non-hydrogen) atoms. The highest BCUT2D eigenvalue weighted by Gasteiger charge is 2.22. The molecule has 0 unspecified atom stereocenters. The molecule has 1 aliphatic heterocycles. The predicted molar refractivity (Wildman–Crippen MR) is 86.0 cm³/mol. The van der Waals surface area contributed by atoms with Crippen LogP contribution in [-0.4, -0.2) is 44.3 Å². The molecule has 1 aromatic carbocycles. The van der Waals surface area contributed by atoms with E-state index in [1.54, 1.807) is 13.2 Å². The number of rotatable bonds is 5. The highest BCUT2D eigenvalue weighted by molar-refractivity contribution is 5.89. The van der Waals surface area contributed by atoms with Crippen molar-refractivity contribution in [2.24, 2.45) is 5.92 Å².